The van der Waals surface area contributed by atoms with Crippen molar-refractivity contribution in [2.45, 2.75) is 0 Å². The van der Waals surface area contributed by atoms with Gasteiger partial charge in [-0.1, -0.05) is 6.07 Å². The Kier molecular flexibility index (Phi) is 3.80. The van der Waals surface area contributed by atoms with Crippen LogP contribution in [-0.2, 0) is 0 Å². The van der Waals surface area contributed by atoms with Crippen molar-refractivity contribution < 1.29 is 5.11 Å². The van der Waals surface area contributed by atoms with Gasteiger partial charge >= 0.3 is 0 Å². The van der Waals surface area contributed by atoms with Gasteiger partial charge in [-0.25, -0.2) is 4.98 Å². The van der Waals surface area contributed by atoms with Gasteiger partial charge in [-0.2, -0.15) is 5.10 Å². The van der Waals surface area contributed by atoms with Gasteiger partial charge in [0.2, 0.25) is 5.95 Å². The zero-order valence-electron chi connectivity index (χ0n) is 13.0. The lowest BCUT2D eigenvalue weighted by molar-refractivity contribution is 0.477. The summed E-state index contributed by atoms with van der Waals surface area (Å²) >= 11 is 0. The molecule has 0 radical (unpaired) electrons. The number of hydrogen-bond acceptors (Lipinski definition) is 7. The summed E-state index contributed by atoms with van der Waals surface area (Å²) in [5.41, 5.74) is 2.94. The summed E-state index contributed by atoms with van der Waals surface area (Å²) in [7, 11) is 0. The highest BCUT2D eigenvalue weighted by atomic mass is 16.3. The summed E-state index contributed by atoms with van der Waals surface area (Å²) in [5, 5.41) is 28.7. The Morgan fingerprint density at radius 2 is 1.92 bits per heavy atom. The number of hydrogen-bond donors (Lipinski definition) is 3. The van der Waals surface area contributed by atoms with E-state index < -0.39 is 0 Å². The van der Waals surface area contributed by atoms with E-state index in [-0.39, 0.29) is 5.75 Å². The topological polar surface area (TPSA) is 103 Å². The van der Waals surface area contributed by atoms with Crippen LogP contribution in [0.25, 0.3) is 22.4 Å². The molecule has 0 unspecified atom stereocenters. The van der Waals surface area contributed by atoms with Gasteiger partial charge in [0.1, 0.15) is 11.4 Å². The molecule has 8 nitrogen and oxygen atoms in total. The predicted octanol–water partition coefficient (Wildman–Crippen LogP) is 1.04. The Labute approximate surface area is 138 Å². The number of phenols is 1. The summed E-state index contributed by atoms with van der Waals surface area (Å²) in [6.07, 6.45) is 5.13. The van der Waals surface area contributed by atoms with Crippen molar-refractivity contribution in [3.8, 4) is 28.1 Å². The van der Waals surface area contributed by atoms with Crippen LogP contribution < -0.4 is 10.2 Å². The standard InChI is InChI=1S/C16H17N7O/c24-15-7-11(12-8-19-20-9-12)1-2-13(15)14-10-18-16(22-21-14)23-5-3-17-4-6-23/h1-2,7-10,17,24H,3-6H2,(H,19,20). The first-order chi connectivity index (χ1) is 11.8. The van der Waals surface area contributed by atoms with E-state index >= 15 is 0 Å². The first-order valence-corrected chi connectivity index (χ1v) is 7.79. The minimum atomic E-state index is 0.139. The number of nitrogens with one attached hydrogen (secondary N) is 2. The Balaban J connectivity index is 1.59. The van der Waals surface area contributed by atoms with E-state index in [4.69, 9.17) is 0 Å². The van der Waals surface area contributed by atoms with Crippen molar-refractivity contribution >= 4 is 5.95 Å². The van der Waals surface area contributed by atoms with Crippen LogP contribution in [0.15, 0.2) is 36.8 Å². The fourth-order valence-electron chi connectivity index (χ4n) is 2.74. The molecule has 3 N–H and O–H groups in total. The van der Waals surface area contributed by atoms with Crippen molar-refractivity contribution in [1.82, 2.24) is 30.7 Å². The number of aromatic nitrogens is 5. The first-order valence-electron chi connectivity index (χ1n) is 7.79. The van der Waals surface area contributed by atoms with Gasteiger partial charge in [-0.05, 0) is 17.7 Å². The van der Waals surface area contributed by atoms with Crippen LogP contribution in [0.2, 0.25) is 0 Å². The summed E-state index contributed by atoms with van der Waals surface area (Å²) in [4.78, 5) is 6.48. The highest BCUT2D eigenvalue weighted by Crippen LogP contribution is 2.31. The van der Waals surface area contributed by atoms with Gasteiger partial charge in [0, 0.05) is 43.5 Å². The molecule has 0 spiro atoms. The number of phenolic OH excluding ortho intramolecular Hbond substituents is 1. The lowest BCUT2D eigenvalue weighted by Gasteiger charge is -2.26. The second-order valence-corrected chi connectivity index (χ2v) is 5.60. The van der Waals surface area contributed by atoms with Crippen molar-refractivity contribution in [2.75, 3.05) is 31.1 Å². The number of aromatic hydroxyl groups is 1. The van der Waals surface area contributed by atoms with E-state index in [9.17, 15) is 5.11 Å². The second-order valence-electron chi connectivity index (χ2n) is 5.60. The lowest BCUT2D eigenvalue weighted by Crippen LogP contribution is -2.44. The minimum Gasteiger partial charge on any atom is -0.507 e. The lowest BCUT2D eigenvalue weighted by atomic mass is 10.0. The average Bonchev–Trinajstić information content (AvgIpc) is 3.17. The van der Waals surface area contributed by atoms with Gasteiger partial charge in [0.05, 0.1) is 12.4 Å². The number of nitrogens with zero attached hydrogens (tertiary/aromatic N) is 5. The number of piperazine rings is 1. The molecular formula is C16H17N7O. The van der Waals surface area contributed by atoms with E-state index in [1.54, 1.807) is 24.7 Å². The fourth-order valence-corrected chi connectivity index (χ4v) is 2.74. The molecule has 8 heteroatoms. The van der Waals surface area contributed by atoms with E-state index in [2.05, 4.69) is 35.6 Å². The molecule has 4 rings (SSSR count). The van der Waals surface area contributed by atoms with Crippen LogP contribution in [0.5, 0.6) is 5.75 Å². The fraction of sp³-hybridized carbons (Fsp3) is 0.250. The number of anilines is 1. The normalized spacial score (nSPS) is 14.8. The van der Waals surface area contributed by atoms with E-state index in [1.165, 1.54) is 0 Å². The van der Waals surface area contributed by atoms with Gasteiger partial charge in [0.25, 0.3) is 0 Å². The molecule has 122 valence electrons. The molecular weight excluding hydrogens is 306 g/mol. The molecule has 1 fully saturated rings. The molecule has 0 saturated carbocycles. The Hall–Kier alpha value is -3.00. The van der Waals surface area contributed by atoms with E-state index in [0.29, 0.717) is 17.2 Å². The largest absolute Gasteiger partial charge is 0.507 e. The summed E-state index contributed by atoms with van der Waals surface area (Å²) < 4.78 is 0. The highest BCUT2D eigenvalue weighted by molar-refractivity contribution is 5.73. The van der Waals surface area contributed by atoms with Crippen molar-refractivity contribution in [1.29, 1.82) is 0 Å². The molecule has 1 aliphatic heterocycles. The summed E-state index contributed by atoms with van der Waals surface area (Å²) in [5.74, 6) is 0.759. The third kappa shape index (κ3) is 2.79. The number of H-pyrrole nitrogens is 1. The van der Waals surface area contributed by atoms with Crippen LogP contribution >= 0.6 is 0 Å². The van der Waals surface area contributed by atoms with Crippen LogP contribution in [0.3, 0.4) is 0 Å². The second kappa shape index (κ2) is 6.25. The van der Waals surface area contributed by atoms with Crippen LogP contribution in [0, 0.1) is 0 Å². The zero-order valence-corrected chi connectivity index (χ0v) is 13.0. The summed E-state index contributed by atoms with van der Waals surface area (Å²) in [6, 6.07) is 5.41. The van der Waals surface area contributed by atoms with E-state index in [0.717, 1.165) is 37.3 Å². The molecule has 24 heavy (non-hydrogen) atoms. The quantitative estimate of drug-likeness (QED) is 0.662. The van der Waals surface area contributed by atoms with Crippen LogP contribution in [-0.4, -0.2) is 56.7 Å². The highest BCUT2D eigenvalue weighted by Gasteiger charge is 2.15. The molecule has 3 heterocycles. The number of aromatic amines is 1. The number of benzene rings is 1. The van der Waals surface area contributed by atoms with Gasteiger partial charge in [-0.3, -0.25) is 5.10 Å². The Morgan fingerprint density at radius 3 is 2.58 bits per heavy atom. The molecule has 2 aromatic heterocycles. The predicted molar refractivity (Wildman–Crippen MR) is 89.6 cm³/mol. The number of rotatable bonds is 3. The molecule has 0 amide bonds. The smallest absolute Gasteiger partial charge is 0.245 e. The third-order valence-electron chi connectivity index (χ3n) is 4.05. The molecule has 0 aliphatic carbocycles. The zero-order chi connectivity index (χ0) is 16.4. The Morgan fingerprint density at radius 1 is 1.04 bits per heavy atom. The molecule has 1 saturated heterocycles. The van der Waals surface area contributed by atoms with E-state index in [1.807, 2.05) is 12.1 Å². The summed E-state index contributed by atoms with van der Waals surface area (Å²) in [6.45, 7) is 3.57. The third-order valence-corrected chi connectivity index (χ3v) is 4.05. The van der Waals surface area contributed by atoms with Gasteiger partial charge < -0.3 is 15.3 Å². The molecule has 3 aromatic rings. The van der Waals surface area contributed by atoms with Gasteiger partial charge in [0.15, 0.2) is 0 Å². The average molecular weight is 323 g/mol. The maximum absolute atomic E-state index is 10.3. The monoisotopic (exact) mass is 323 g/mol. The first kappa shape index (κ1) is 14.6. The van der Waals surface area contributed by atoms with Crippen molar-refractivity contribution in [2.24, 2.45) is 0 Å². The van der Waals surface area contributed by atoms with Gasteiger partial charge in [-0.15, -0.1) is 10.2 Å². The maximum atomic E-state index is 10.3. The molecule has 0 atom stereocenters. The SMILES string of the molecule is Oc1cc(-c2cn[nH]c2)ccc1-c1cnc(N2CCNCC2)nn1. The molecule has 1 aromatic carbocycles. The van der Waals surface area contributed by atoms with Crippen LogP contribution in [0.1, 0.15) is 0 Å². The molecule has 0 bridgehead atoms. The van der Waals surface area contributed by atoms with Crippen molar-refractivity contribution in [3.05, 3.63) is 36.8 Å². The minimum absolute atomic E-state index is 0.139. The van der Waals surface area contributed by atoms with Crippen molar-refractivity contribution in [3.63, 3.8) is 0 Å². The Bertz CT molecular complexity index is 811. The van der Waals surface area contributed by atoms with Crippen LogP contribution in [0.4, 0.5) is 5.95 Å². The molecule has 1 aliphatic rings. The maximum Gasteiger partial charge on any atom is 0.245 e.